The third-order valence-electron chi connectivity index (χ3n) is 3.84. The van der Waals surface area contributed by atoms with Crippen molar-refractivity contribution in [2.45, 2.75) is 12.5 Å². The highest BCUT2D eigenvalue weighted by Crippen LogP contribution is 2.31. The fourth-order valence-corrected chi connectivity index (χ4v) is 2.78. The molecule has 0 saturated heterocycles. The van der Waals surface area contributed by atoms with E-state index >= 15 is 0 Å². The second-order valence-corrected chi connectivity index (χ2v) is 5.16. The van der Waals surface area contributed by atoms with Gasteiger partial charge in [-0.05, 0) is 17.7 Å². The smallest absolute Gasteiger partial charge is 0.231 e. The summed E-state index contributed by atoms with van der Waals surface area (Å²) in [4.78, 5) is 14.0. The van der Waals surface area contributed by atoms with E-state index in [9.17, 15) is 4.79 Å². The van der Waals surface area contributed by atoms with Crippen molar-refractivity contribution in [2.24, 2.45) is 5.73 Å². The molecule has 0 radical (unpaired) electrons. The summed E-state index contributed by atoms with van der Waals surface area (Å²) in [5.41, 5.74) is 9.24. The molecule has 1 aliphatic rings. The third-order valence-corrected chi connectivity index (χ3v) is 3.84. The number of anilines is 1. The fourth-order valence-electron chi connectivity index (χ4n) is 2.78. The predicted molar refractivity (Wildman–Crippen MR) is 82.4 cm³/mol. The van der Waals surface area contributed by atoms with Gasteiger partial charge >= 0.3 is 0 Å². The van der Waals surface area contributed by atoms with Gasteiger partial charge in [0.1, 0.15) is 5.75 Å². The van der Waals surface area contributed by atoms with E-state index in [0.29, 0.717) is 13.0 Å². The van der Waals surface area contributed by atoms with E-state index in [1.807, 2.05) is 48.5 Å². The number of nitrogens with zero attached hydrogens (tertiary/aromatic N) is 1. The van der Waals surface area contributed by atoms with Crippen LogP contribution in [0.3, 0.4) is 0 Å². The molecule has 3 rings (SSSR count). The number of ether oxygens (including phenoxy) is 1. The second kappa shape index (κ2) is 5.58. The largest absolute Gasteiger partial charge is 0.496 e. The van der Waals surface area contributed by atoms with E-state index in [4.69, 9.17) is 10.5 Å². The number of carbonyl (C=O) groups is 1. The first-order valence-corrected chi connectivity index (χ1v) is 6.97. The normalized spacial score (nSPS) is 15.0. The predicted octanol–water partition coefficient (Wildman–Crippen LogP) is 2.28. The van der Waals surface area contributed by atoms with Gasteiger partial charge in [0.25, 0.3) is 0 Å². The van der Waals surface area contributed by atoms with Crippen LogP contribution in [-0.2, 0) is 11.2 Å². The van der Waals surface area contributed by atoms with Crippen molar-refractivity contribution >= 4 is 11.6 Å². The Labute approximate surface area is 124 Å². The van der Waals surface area contributed by atoms with Crippen LogP contribution < -0.4 is 15.4 Å². The Hall–Kier alpha value is -2.33. The Balaban J connectivity index is 1.85. The zero-order chi connectivity index (χ0) is 14.8. The Morgan fingerprint density at radius 2 is 1.90 bits per heavy atom. The maximum absolute atomic E-state index is 12.2. The van der Waals surface area contributed by atoms with Gasteiger partial charge in [-0.25, -0.2) is 0 Å². The molecular formula is C17H18N2O2. The lowest BCUT2D eigenvalue weighted by Gasteiger charge is -2.23. The fraction of sp³-hybridized carbons (Fsp3) is 0.235. The van der Waals surface area contributed by atoms with Crippen LogP contribution in [0.25, 0.3) is 0 Å². The van der Waals surface area contributed by atoms with Gasteiger partial charge in [0, 0.05) is 17.8 Å². The molecule has 2 aromatic rings. The summed E-state index contributed by atoms with van der Waals surface area (Å²) in [7, 11) is 1.63. The van der Waals surface area contributed by atoms with E-state index < -0.39 is 0 Å². The molecule has 0 fully saturated rings. The average molecular weight is 282 g/mol. The van der Waals surface area contributed by atoms with Crippen molar-refractivity contribution in [3.63, 3.8) is 0 Å². The Morgan fingerprint density at radius 3 is 2.71 bits per heavy atom. The minimum Gasteiger partial charge on any atom is -0.496 e. The molecule has 1 atom stereocenters. The summed E-state index contributed by atoms with van der Waals surface area (Å²) in [5.74, 6) is 0.853. The van der Waals surface area contributed by atoms with E-state index in [0.717, 1.165) is 22.6 Å². The second-order valence-electron chi connectivity index (χ2n) is 5.16. The number of hydrogen-bond donors (Lipinski definition) is 1. The summed E-state index contributed by atoms with van der Waals surface area (Å²) in [5, 5.41) is 0. The maximum atomic E-state index is 12.2. The van der Waals surface area contributed by atoms with Gasteiger partial charge in [-0.1, -0.05) is 36.4 Å². The van der Waals surface area contributed by atoms with E-state index in [2.05, 4.69) is 0 Å². The summed E-state index contributed by atoms with van der Waals surface area (Å²) >= 11 is 0. The highest BCUT2D eigenvalue weighted by Gasteiger charge is 2.28. The first-order valence-electron chi connectivity index (χ1n) is 6.97. The van der Waals surface area contributed by atoms with Crippen molar-refractivity contribution in [3.05, 3.63) is 59.7 Å². The molecule has 1 unspecified atom stereocenters. The Kier molecular flexibility index (Phi) is 3.62. The highest BCUT2D eigenvalue weighted by molar-refractivity contribution is 6.01. The van der Waals surface area contributed by atoms with Gasteiger partial charge in [0.2, 0.25) is 5.91 Å². The number of amides is 1. The van der Waals surface area contributed by atoms with Crippen LogP contribution in [-0.4, -0.2) is 19.6 Å². The van der Waals surface area contributed by atoms with E-state index in [1.54, 1.807) is 12.0 Å². The highest BCUT2D eigenvalue weighted by atomic mass is 16.5. The van der Waals surface area contributed by atoms with Crippen LogP contribution >= 0.6 is 0 Å². The van der Waals surface area contributed by atoms with Crippen LogP contribution in [0.2, 0.25) is 0 Å². The summed E-state index contributed by atoms with van der Waals surface area (Å²) in [6, 6.07) is 15.2. The molecule has 0 spiro atoms. The standard InChI is InChI=1S/C17H18N2O2/c1-21-16-9-5-3-7-13(16)14(18)11-19-15-8-4-2-6-12(15)10-17(19)20/h2-9,14H,10-11,18H2,1H3. The van der Waals surface area contributed by atoms with Crippen molar-refractivity contribution in [1.82, 2.24) is 0 Å². The molecule has 2 N–H and O–H groups in total. The number of para-hydroxylation sites is 2. The van der Waals surface area contributed by atoms with Gasteiger partial charge in [-0.2, -0.15) is 0 Å². The molecule has 4 nitrogen and oxygen atoms in total. The van der Waals surface area contributed by atoms with Crippen LogP contribution in [0.5, 0.6) is 5.75 Å². The summed E-state index contributed by atoms with van der Waals surface area (Å²) in [6.45, 7) is 0.455. The third kappa shape index (κ3) is 2.50. The SMILES string of the molecule is COc1ccccc1C(N)CN1C(=O)Cc2ccccc21. The zero-order valence-corrected chi connectivity index (χ0v) is 12.0. The van der Waals surface area contributed by atoms with E-state index in [-0.39, 0.29) is 11.9 Å². The van der Waals surface area contributed by atoms with Crippen LogP contribution in [0.1, 0.15) is 17.2 Å². The molecule has 4 heteroatoms. The first-order chi connectivity index (χ1) is 10.2. The number of rotatable bonds is 4. The lowest BCUT2D eigenvalue weighted by atomic mass is 10.1. The number of hydrogen-bond acceptors (Lipinski definition) is 3. The molecule has 0 bridgehead atoms. The lowest BCUT2D eigenvalue weighted by molar-refractivity contribution is -0.117. The Bertz CT molecular complexity index is 669. The number of carbonyl (C=O) groups excluding carboxylic acids is 1. The van der Waals surface area contributed by atoms with E-state index in [1.165, 1.54) is 0 Å². The van der Waals surface area contributed by atoms with Crippen molar-refractivity contribution in [2.75, 3.05) is 18.6 Å². The van der Waals surface area contributed by atoms with Crippen LogP contribution in [0.15, 0.2) is 48.5 Å². The van der Waals surface area contributed by atoms with Gasteiger partial charge < -0.3 is 15.4 Å². The number of benzene rings is 2. The number of methoxy groups -OCH3 is 1. The summed E-state index contributed by atoms with van der Waals surface area (Å²) < 4.78 is 5.34. The molecule has 108 valence electrons. The monoisotopic (exact) mass is 282 g/mol. The average Bonchev–Trinajstić information content (AvgIpc) is 2.83. The number of fused-ring (bicyclic) bond motifs is 1. The van der Waals surface area contributed by atoms with Gasteiger partial charge in [0.15, 0.2) is 0 Å². The maximum Gasteiger partial charge on any atom is 0.231 e. The molecule has 1 heterocycles. The summed E-state index contributed by atoms with van der Waals surface area (Å²) in [6.07, 6.45) is 0.453. The lowest BCUT2D eigenvalue weighted by Crippen LogP contribution is -2.34. The molecule has 0 aliphatic carbocycles. The Morgan fingerprint density at radius 1 is 1.19 bits per heavy atom. The van der Waals surface area contributed by atoms with Crippen molar-refractivity contribution in [1.29, 1.82) is 0 Å². The van der Waals surface area contributed by atoms with Crippen LogP contribution in [0, 0.1) is 0 Å². The number of nitrogens with two attached hydrogens (primary N) is 1. The minimum absolute atomic E-state index is 0.0987. The van der Waals surface area contributed by atoms with Gasteiger partial charge in [-0.15, -0.1) is 0 Å². The van der Waals surface area contributed by atoms with Crippen molar-refractivity contribution in [3.8, 4) is 5.75 Å². The molecule has 0 aromatic heterocycles. The molecule has 21 heavy (non-hydrogen) atoms. The molecular weight excluding hydrogens is 264 g/mol. The molecule has 1 amide bonds. The molecule has 1 aliphatic heterocycles. The first kappa shape index (κ1) is 13.6. The molecule has 0 saturated carbocycles. The van der Waals surface area contributed by atoms with Gasteiger partial charge in [0.05, 0.1) is 19.6 Å². The molecule has 2 aromatic carbocycles. The van der Waals surface area contributed by atoms with Crippen molar-refractivity contribution < 1.29 is 9.53 Å². The topological polar surface area (TPSA) is 55.6 Å². The quantitative estimate of drug-likeness (QED) is 0.936. The minimum atomic E-state index is -0.281. The zero-order valence-electron chi connectivity index (χ0n) is 12.0. The van der Waals surface area contributed by atoms with Crippen LogP contribution in [0.4, 0.5) is 5.69 Å². The van der Waals surface area contributed by atoms with Gasteiger partial charge in [-0.3, -0.25) is 4.79 Å².